The Hall–Kier alpha value is -1.64. The van der Waals surface area contributed by atoms with Gasteiger partial charge < -0.3 is 9.53 Å². The average molecular weight is 220 g/mol. The number of rotatable bonds is 6. The van der Waals surface area contributed by atoms with E-state index in [0.717, 1.165) is 12.8 Å². The zero-order valence-corrected chi connectivity index (χ0v) is 9.44. The summed E-state index contributed by atoms with van der Waals surface area (Å²) in [4.78, 5) is 22.1. The molecule has 0 aromatic heterocycles. The highest BCUT2D eigenvalue weighted by Gasteiger charge is 2.04. The van der Waals surface area contributed by atoms with Crippen molar-refractivity contribution in [3.8, 4) is 0 Å². The standard InChI is InChI=1S/C13H16O3/c1-11(14)7-5-6-10-16-13(15)12-8-3-2-4-9-12/h2-4,8-9H,5-7,10H2,1H3. The normalized spacial score (nSPS) is 9.81. The molecular weight excluding hydrogens is 204 g/mol. The Morgan fingerprint density at radius 3 is 2.44 bits per heavy atom. The number of hydrogen-bond donors (Lipinski definition) is 0. The molecule has 1 rings (SSSR count). The third kappa shape index (κ3) is 4.73. The van der Waals surface area contributed by atoms with E-state index in [4.69, 9.17) is 4.74 Å². The first-order valence-corrected chi connectivity index (χ1v) is 5.42. The van der Waals surface area contributed by atoms with Crippen molar-refractivity contribution in [2.45, 2.75) is 26.2 Å². The molecule has 1 aromatic carbocycles. The lowest BCUT2D eigenvalue weighted by Gasteiger charge is -2.03. The lowest BCUT2D eigenvalue weighted by Crippen LogP contribution is -2.06. The number of ketones is 1. The molecule has 0 saturated carbocycles. The van der Waals surface area contributed by atoms with Gasteiger partial charge in [0.05, 0.1) is 12.2 Å². The maximum Gasteiger partial charge on any atom is 0.338 e. The molecular formula is C13H16O3. The van der Waals surface area contributed by atoms with E-state index >= 15 is 0 Å². The molecule has 0 heterocycles. The maximum atomic E-state index is 11.5. The number of hydrogen-bond acceptors (Lipinski definition) is 3. The second-order valence-corrected chi connectivity index (χ2v) is 3.66. The van der Waals surface area contributed by atoms with Gasteiger partial charge in [-0.25, -0.2) is 4.79 Å². The van der Waals surface area contributed by atoms with Gasteiger partial charge in [0.15, 0.2) is 0 Å². The van der Waals surface area contributed by atoms with Crippen molar-refractivity contribution in [3.05, 3.63) is 35.9 Å². The Bertz CT molecular complexity index is 343. The molecule has 0 atom stereocenters. The van der Waals surface area contributed by atoms with Gasteiger partial charge in [-0.2, -0.15) is 0 Å². The number of unbranched alkanes of at least 4 members (excludes halogenated alkanes) is 1. The summed E-state index contributed by atoms with van der Waals surface area (Å²) >= 11 is 0. The Kier molecular flexibility index (Phi) is 5.26. The predicted molar refractivity (Wildman–Crippen MR) is 61.3 cm³/mol. The molecule has 0 fully saturated rings. The molecule has 0 aliphatic heterocycles. The highest BCUT2D eigenvalue weighted by Crippen LogP contribution is 2.03. The van der Waals surface area contributed by atoms with Gasteiger partial charge in [0.25, 0.3) is 0 Å². The molecule has 0 aliphatic carbocycles. The first kappa shape index (κ1) is 12.4. The van der Waals surface area contributed by atoms with E-state index in [1.165, 1.54) is 0 Å². The Morgan fingerprint density at radius 1 is 1.12 bits per heavy atom. The van der Waals surface area contributed by atoms with Crippen molar-refractivity contribution < 1.29 is 14.3 Å². The summed E-state index contributed by atoms with van der Waals surface area (Å²) < 4.78 is 5.06. The number of esters is 1. The molecule has 86 valence electrons. The van der Waals surface area contributed by atoms with Crippen LogP contribution in [0.25, 0.3) is 0 Å². The molecule has 3 heteroatoms. The smallest absolute Gasteiger partial charge is 0.338 e. The number of Topliss-reactive ketones (excluding diaryl/α,β-unsaturated/α-hetero) is 1. The largest absolute Gasteiger partial charge is 0.462 e. The van der Waals surface area contributed by atoms with E-state index in [1.807, 2.05) is 6.07 Å². The fourth-order valence-corrected chi connectivity index (χ4v) is 1.30. The van der Waals surface area contributed by atoms with Crippen LogP contribution in [0.4, 0.5) is 0 Å². The summed E-state index contributed by atoms with van der Waals surface area (Å²) in [6.07, 6.45) is 2.07. The number of ether oxygens (including phenoxy) is 1. The van der Waals surface area contributed by atoms with Crippen LogP contribution >= 0.6 is 0 Å². The van der Waals surface area contributed by atoms with Gasteiger partial charge in [-0.1, -0.05) is 18.2 Å². The summed E-state index contributed by atoms with van der Waals surface area (Å²) in [5.41, 5.74) is 0.564. The van der Waals surface area contributed by atoms with Gasteiger partial charge in [-0.3, -0.25) is 0 Å². The molecule has 0 aliphatic rings. The molecule has 1 aromatic rings. The third-order valence-corrected chi connectivity index (χ3v) is 2.17. The Morgan fingerprint density at radius 2 is 1.81 bits per heavy atom. The van der Waals surface area contributed by atoms with Crippen LogP contribution in [0.2, 0.25) is 0 Å². The van der Waals surface area contributed by atoms with Crippen LogP contribution in [-0.4, -0.2) is 18.4 Å². The van der Waals surface area contributed by atoms with E-state index < -0.39 is 0 Å². The third-order valence-electron chi connectivity index (χ3n) is 2.17. The van der Waals surface area contributed by atoms with E-state index in [9.17, 15) is 9.59 Å². The molecule has 0 saturated heterocycles. The number of carbonyl (C=O) groups excluding carboxylic acids is 2. The van der Waals surface area contributed by atoms with Crippen molar-refractivity contribution in [3.63, 3.8) is 0 Å². The van der Waals surface area contributed by atoms with Crippen LogP contribution in [-0.2, 0) is 9.53 Å². The zero-order valence-electron chi connectivity index (χ0n) is 9.44. The molecule has 0 bridgehead atoms. The van der Waals surface area contributed by atoms with Gasteiger partial charge >= 0.3 is 5.97 Å². The summed E-state index contributed by atoms with van der Waals surface area (Å²) in [7, 11) is 0. The van der Waals surface area contributed by atoms with Crippen LogP contribution in [0.1, 0.15) is 36.5 Å². The molecule has 3 nitrogen and oxygen atoms in total. The maximum absolute atomic E-state index is 11.5. The summed E-state index contributed by atoms with van der Waals surface area (Å²) in [5, 5.41) is 0. The first-order valence-electron chi connectivity index (χ1n) is 5.42. The second-order valence-electron chi connectivity index (χ2n) is 3.66. The van der Waals surface area contributed by atoms with Crippen LogP contribution in [0, 0.1) is 0 Å². The quantitative estimate of drug-likeness (QED) is 0.546. The van der Waals surface area contributed by atoms with Gasteiger partial charge in [-0.15, -0.1) is 0 Å². The molecule has 0 radical (unpaired) electrons. The van der Waals surface area contributed by atoms with Gasteiger partial charge in [-0.05, 0) is 31.9 Å². The minimum atomic E-state index is -0.302. The molecule has 0 unspecified atom stereocenters. The molecule has 0 N–H and O–H groups in total. The SMILES string of the molecule is CC(=O)CCCCOC(=O)c1ccccc1. The topological polar surface area (TPSA) is 43.4 Å². The zero-order chi connectivity index (χ0) is 11.8. The fraction of sp³-hybridized carbons (Fsp3) is 0.385. The lowest BCUT2D eigenvalue weighted by molar-refractivity contribution is -0.117. The second kappa shape index (κ2) is 6.77. The van der Waals surface area contributed by atoms with Crippen LogP contribution < -0.4 is 0 Å². The van der Waals surface area contributed by atoms with E-state index in [-0.39, 0.29) is 11.8 Å². The van der Waals surface area contributed by atoms with Crippen molar-refractivity contribution in [2.75, 3.05) is 6.61 Å². The highest BCUT2D eigenvalue weighted by atomic mass is 16.5. The van der Waals surface area contributed by atoms with Gasteiger partial charge in [0.2, 0.25) is 0 Å². The van der Waals surface area contributed by atoms with Crippen molar-refractivity contribution in [1.29, 1.82) is 0 Å². The number of carbonyl (C=O) groups is 2. The van der Waals surface area contributed by atoms with Crippen molar-refractivity contribution in [2.24, 2.45) is 0 Å². The van der Waals surface area contributed by atoms with Crippen LogP contribution in [0.15, 0.2) is 30.3 Å². The summed E-state index contributed by atoms with van der Waals surface area (Å²) in [6, 6.07) is 8.89. The number of benzene rings is 1. The van der Waals surface area contributed by atoms with Crippen LogP contribution in [0.5, 0.6) is 0 Å². The summed E-state index contributed by atoms with van der Waals surface area (Å²) in [6.45, 7) is 1.94. The van der Waals surface area contributed by atoms with Gasteiger partial charge in [0.1, 0.15) is 5.78 Å². The fourth-order valence-electron chi connectivity index (χ4n) is 1.30. The van der Waals surface area contributed by atoms with Gasteiger partial charge in [0, 0.05) is 6.42 Å². The van der Waals surface area contributed by atoms with Crippen molar-refractivity contribution >= 4 is 11.8 Å². The van der Waals surface area contributed by atoms with Crippen molar-refractivity contribution in [1.82, 2.24) is 0 Å². The monoisotopic (exact) mass is 220 g/mol. The average Bonchev–Trinajstić information content (AvgIpc) is 2.29. The molecule has 0 spiro atoms. The van der Waals surface area contributed by atoms with E-state index in [2.05, 4.69) is 0 Å². The summed E-state index contributed by atoms with van der Waals surface area (Å²) in [5.74, 6) is -0.127. The lowest BCUT2D eigenvalue weighted by atomic mass is 10.2. The highest BCUT2D eigenvalue weighted by molar-refractivity contribution is 5.89. The van der Waals surface area contributed by atoms with Crippen LogP contribution in [0.3, 0.4) is 0 Å². The minimum Gasteiger partial charge on any atom is -0.462 e. The minimum absolute atomic E-state index is 0.175. The predicted octanol–water partition coefficient (Wildman–Crippen LogP) is 2.60. The Labute approximate surface area is 95.4 Å². The van der Waals surface area contributed by atoms with E-state index in [0.29, 0.717) is 18.6 Å². The first-order chi connectivity index (χ1) is 7.70. The molecule has 16 heavy (non-hydrogen) atoms. The van der Waals surface area contributed by atoms with E-state index in [1.54, 1.807) is 31.2 Å². The molecule has 0 amide bonds. The Balaban J connectivity index is 2.19.